The van der Waals surface area contributed by atoms with Gasteiger partial charge in [0.15, 0.2) is 0 Å². The molecule has 0 rings (SSSR count). The van der Waals surface area contributed by atoms with Gasteiger partial charge in [-0.1, -0.05) is 0 Å². The van der Waals surface area contributed by atoms with Crippen molar-refractivity contribution in [3.05, 3.63) is 0 Å². The third-order valence-electron chi connectivity index (χ3n) is 1.31. The minimum atomic E-state index is -1.44. The number of aliphatic carboxylic acids is 2. The van der Waals surface area contributed by atoms with E-state index in [-0.39, 0.29) is 50.6 Å². The van der Waals surface area contributed by atoms with Crippen molar-refractivity contribution in [1.82, 2.24) is 0 Å². The molecule has 0 fully saturated rings. The molecule has 0 bridgehead atoms. The van der Waals surface area contributed by atoms with E-state index in [4.69, 9.17) is 0 Å². The van der Waals surface area contributed by atoms with Crippen LogP contribution >= 0.6 is 0 Å². The third-order valence-corrected chi connectivity index (χ3v) is 1.31. The molecule has 0 atom stereocenters. The predicted molar refractivity (Wildman–Crippen MR) is 56.4 cm³/mol. The van der Waals surface area contributed by atoms with Crippen LogP contribution in [-0.4, -0.2) is 73.8 Å². The molecular formula is C10H10CaO8. The van der Waals surface area contributed by atoms with Crippen molar-refractivity contribution in [3.8, 4) is 0 Å². The number of ketones is 2. The fourth-order valence-corrected chi connectivity index (χ4v) is 0.652. The summed E-state index contributed by atoms with van der Waals surface area (Å²) in [6, 6.07) is 0. The maximum absolute atomic E-state index is 10.2. The second-order valence-electron chi connectivity index (χ2n) is 2.92. The summed E-state index contributed by atoms with van der Waals surface area (Å²) in [6.45, 7) is 0. The van der Waals surface area contributed by atoms with Crippen LogP contribution in [0.2, 0.25) is 0 Å². The minimum absolute atomic E-state index is 0. The molecule has 0 spiro atoms. The van der Waals surface area contributed by atoms with E-state index in [0.29, 0.717) is 12.6 Å². The van der Waals surface area contributed by atoms with E-state index in [0.717, 1.165) is 0 Å². The Morgan fingerprint density at radius 2 is 1.00 bits per heavy atom. The van der Waals surface area contributed by atoms with Crippen LogP contribution in [0.25, 0.3) is 0 Å². The fourth-order valence-electron chi connectivity index (χ4n) is 0.652. The topological polar surface area (TPSA) is 149 Å². The van der Waals surface area contributed by atoms with Crippen LogP contribution in [0.3, 0.4) is 0 Å². The Labute approximate surface area is 138 Å². The average Bonchev–Trinajstić information content (AvgIpc) is 2.16. The third kappa shape index (κ3) is 22.5. The summed E-state index contributed by atoms with van der Waals surface area (Å²) in [5.41, 5.74) is 0. The normalized spacial score (nSPS) is 8.00. The molecule has 0 amide bonds. The van der Waals surface area contributed by atoms with Crippen molar-refractivity contribution in [2.45, 2.75) is 25.7 Å². The Kier molecular flexibility index (Phi) is 18.1. The monoisotopic (exact) mass is 298 g/mol. The zero-order chi connectivity index (χ0) is 14.6. The molecule has 0 aromatic heterocycles. The van der Waals surface area contributed by atoms with Crippen molar-refractivity contribution in [2.24, 2.45) is 0 Å². The molecule has 19 heavy (non-hydrogen) atoms. The summed E-state index contributed by atoms with van der Waals surface area (Å²) in [5, 5.41) is 19.3. The van der Waals surface area contributed by atoms with Crippen LogP contribution < -0.4 is 10.2 Å². The molecule has 0 aliphatic rings. The van der Waals surface area contributed by atoms with Crippen molar-refractivity contribution in [3.63, 3.8) is 0 Å². The number of carbonyl (C=O) groups excluding carboxylic acids is 6. The summed E-state index contributed by atoms with van der Waals surface area (Å²) in [6.07, 6.45) is -1.28. The van der Waals surface area contributed by atoms with Crippen LogP contribution in [0, 0.1) is 0 Å². The minimum Gasteiger partial charge on any atom is -0.550 e. The van der Waals surface area contributed by atoms with Gasteiger partial charge < -0.3 is 29.4 Å². The zero-order valence-electron chi connectivity index (χ0n) is 9.96. The van der Waals surface area contributed by atoms with Crippen LogP contribution in [0.15, 0.2) is 0 Å². The Morgan fingerprint density at radius 3 is 1.16 bits per heavy atom. The van der Waals surface area contributed by atoms with Gasteiger partial charge in [-0.2, -0.15) is 0 Å². The van der Waals surface area contributed by atoms with E-state index >= 15 is 0 Å². The summed E-state index contributed by atoms with van der Waals surface area (Å²) in [7, 11) is 0. The van der Waals surface area contributed by atoms with Gasteiger partial charge in [-0.15, -0.1) is 0 Å². The summed E-state index contributed by atoms with van der Waals surface area (Å²) in [4.78, 5) is 58.8. The van der Waals surface area contributed by atoms with Crippen LogP contribution in [-0.2, 0) is 28.8 Å². The molecule has 0 aliphatic carbocycles. The van der Waals surface area contributed by atoms with E-state index < -0.39 is 36.3 Å². The van der Waals surface area contributed by atoms with Gasteiger partial charge in [-0.25, -0.2) is 0 Å². The smallest absolute Gasteiger partial charge is 0.550 e. The quantitative estimate of drug-likeness (QED) is 0.251. The molecule has 0 saturated heterocycles. The molecular weight excluding hydrogens is 288 g/mol. The van der Waals surface area contributed by atoms with Crippen LogP contribution in [0.5, 0.6) is 0 Å². The van der Waals surface area contributed by atoms with Gasteiger partial charge in [0.25, 0.3) is 0 Å². The number of hydrogen-bond donors (Lipinski definition) is 0. The number of carboxylic acid groups (broad SMARTS) is 2. The van der Waals surface area contributed by atoms with Crippen molar-refractivity contribution in [1.29, 1.82) is 0 Å². The molecule has 0 unspecified atom stereocenters. The number of Topliss-reactive ketones (excluding diaryl/α,β-unsaturated/α-hetero) is 2. The Hall–Kier alpha value is -1.12. The van der Waals surface area contributed by atoms with Crippen LogP contribution in [0.4, 0.5) is 0 Å². The number of carboxylic acids is 2. The maximum Gasteiger partial charge on any atom is 2.00 e. The largest absolute Gasteiger partial charge is 2.00 e. The average molecular weight is 298 g/mol. The predicted octanol–water partition coefficient (Wildman–Crippen LogP) is -3.81. The number of carbonyl (C=O) groups is 6. The van der Waals surface area contributed by atoms with Crippen molar-refractivity contribution < 1.29 is 39.0 Å². The van der Waals surface area contributed by atoms with Gasteiger partial charge in [0, 0.05) is 24.8 Å². The molecule has 0 aromatic carbocycles. The standard InChI is InChI=1S/2C5H6O4.Ca/c2*6-2-1-4(7)3-5(8)9;/h2*2H,1,3H2,(H,8,9);/q;;+2/p-2. The Bertz CT molecular complexity index is 315. The van der Waals surface area contributed by atoms with E-state index in [1.165, 1.54) is 0 Å². The van der Waals surface area contributed by atoms with Gasteiger partial charge in [0.05, 0.1) is 12.8 Å². The first-order valence-electron chi connectivity index (χ1n) is 4.63. The molecule has 0 aromatic rings. The first-order valence-corrected chi connectivity index (χ1v) is 4.63. The second kappa shape index (κ2) is 14.9. The van der Waals surface area contributed by atoms with E-state index in [2.05, 4.69) is 0 Å². The zero-order valence-corrected chi connectivity index (χ0v) is 12.2. The molecule has 0 radical (unpaired) electrons. The molecule has 9 heteroatoms. The molecule has 0 heterocycles. The summed E-state index contributed by atoms with van der Waals surface area (Å²) >= 11 is 0. The Morgan fingerprint density at radius 1 is 0.737 bits per heavy atom. The first kappa shape index (κ1) is 23.0. The number of aldehydes is 2. The molecule has 0 N–H and O–H groups in total. The molecule has 0 saturated carbocycles. The van der Waals surface area contributed by atoms with E-state index in [1.54, 1.807) is 0 Å². The second-order valence-corrected chi connectivity index (χ2v) is 2.92. The van der Waals surface area contributed by atoms with Crippen molar-refractivity contribution in [2.75, 3.05) is 0 Å². The van der Waals surface area contributed by atoms with Crippen molar-refractivity contribution >= 4 is 73.8 Å². The summed E-state index contributed by atoms with van der Waals surface area (Å²) in [5.74, 6) is -4.13. The van der Waals surface area contributed by atoms with Gasteiger partial charge in [0.1, 0.15) is 24.1 Å². The first-order chi connectivity index (χ1) is 8.33. The molecule has 100 valence electrons. The van der Waals surface area contributed by atoms with Gasteiger partial charge >= 0.3 is 37.7 Å². The van der Waals surface area contributed by atoms with Crippen LogP contribution in [0.1, 0.15) is 25.7 Å². The molecule has 0 aliphatic heterocycles. The Balaban J connectivity index is -0.000000256. The number of hydrogen-bond acceptors (Lipinski definition) is 8. The van der Waals surface area contributed by atoms with Gasteiger partial charge in [0.2, 0.25) is 0 Å². The number of rotatable bonds is 8. The maximum atomic E-state index is 10.2. The SMILES string of the molecule is O=CCC(=O)CC(=O)[O-].O=CCC(=O)CC(=O)[O-].[Ca+2]. The van der Waals surface area contributed by atoms with Gasteiger partial charge in [-0.05, 0) is 0 Å². The molecule has 8 nitrogen and oxygen atoms in total. The van der Waals surface area contributed by atoms with Gasteiger partial charge in [-0.3, -0.25) is 9.59 Å². The fraction of sp³-hybridized carbons (Fsp3) is 0.400. The summed E-state index contributed by atoms with van der Waals surface area (Å²) < 4.78 is 0. The van der Waals surface area contributed by atoms with E-state index in [1.807, 2.05) is 0 Å². The van der Waals surface area contributed by atoms with E-state index in [9.17, 15) is 39.0 Å².